The molecule has 6 nitrogen and oxygen atoms in total. The lowest BCUT2D eigenvalue weighted by Gasteiger charge is -2.46. The Bertz CT molecular complexity index is 983. The number of hydrogen-bond donors (Lipinski definition) is 0. The Kier molecular flexibility index (Phi) is 8.30. The second-order valence-electron chi connectivity index (χ2n) is 10.7. The van der Waals surface area contributed by atoms with E-state index in [4.69, 9.17) is 9.47 Å². The topological polar surface area (TPSA) is 78.9 Å². The number of unbranched alkanes of at least 4 members (excludes halogenated alkanes) is 1. The average molecular weight is 512 g/mol. The summed E-state index contributed by atoms with van der Waals surface area (Å²) in [5.74, 6) is 0.410. The molecule has 0 spiro atoms. The molecule has 0 saturated carbocycles. The van der Waals surface area contributed by atoms with Crippen LogP contribution < -0.4 is 0 Å². The number of carbonyl (C=O) groups excluding carboxylic acids is 2. The van der Waals surface area contributed by atoms with Crippen LogP contribution >= 0.6 is 0 Å². The Hall–Kier alpha value is -2.51. The zero-order valence-corrected chi connectivity index (χ0v) is 22.3. The number of nitrogens with zero attached hydrogens (tertiary/aromatic N) is 1. The first-order valence-electron chi connectivity index (χ1n) is 12.8. The number of likely N-dealkylation sites (tertiary alicyclic amines) is 1. The predicted molar refractivity (Wildman–Crippen MR) is 141 cm³/mol. The first-order chi connectivity index (χ1) is 17.2. The molecule has 0 bridgehead atoms. The number of carbonyl (C=O) groups is 2. The Morgan fingerprint density at radius 3 is 2.19 bits per heavy atom. The van der Waals surface area contributed by atoms with Gasteiger partial charge in [-0.3, -0.25) is 4.79 Å². The van der Waals surface area contributed by atoms with E-state index in [2.05, 4.69) is 48.5 Å². The van der Waals surface area contributed by atoms with Gasteiger partial charge >= 0.3 is 12.1 Å². The largest absolute Gasteiger partial charge is 0.616 e. The van der Waals surface area contributed by atoms with Gasteiger partial charge in [-0.05, 0) is 55.9 Å². The normalized spacial score (nSPS) is 23.1. The van der Waals surface area contributed by atoms with Crippen molar-refractivity contribution in [2.75, 3.05) is 25.4 Å². The summed E-state index contributed by atoms with van der Waals surface area (Å²) >= 11 is -1.00. The van der Waals surface area contributed by atoms with Crippen molar-refractivity contribution >= 4 is 23.2 Å². The number of esters is 1. The summed E-state index contributed by atoms with van der Waals surface area (Å²) in [6.07, 6.45) is 1.91. The fourth-order valence-electron chi connectivity index (χ4n) is 5.63. The minimum Gasteiger partial charge on any atom is -0.616 e. The van der Waals surface area contributed by atoms with Crippen molar-refractivity contribution in [2.24, 2.45) is 5.92 Å². The van der Waals surface area contributed by atoms with Gasteiger partial charge in [-0.15, -0.1) is 0 Å². The minimum absolute atomic E-state index is 0.0385. The van der Waals surface area contributed by atoms with Crippen molar-refractivity contribution in [3.63, 3.8) is 0 Å². The van der Waals surface area contributed by atoms with Crippen LogP contribution in [0.2, 0.25) is 0 Å². The molecule has 3 atom stereocenters. The van der Waals surface area contributed by atoms with Crippen molar-refractivity contribution in [1.82, 2.24) is 4.90 Å². The van der Waals surface area contributed by atoms with E-state index in [9.17, 15) is 14.1 Å². The van der Waals surface area contributed by atoms with Crippen LogP contribution in [-0.4, -0.2) is 57.8 Å². The summed E-state index contributed by atoms with van der Waals surface area (Å²) in [6.45, 7) is 6.73. The summed E-state index contributed by atoms with van der Waals surface area (Å²) in [5, 5.41) is -0.0983. The van der Waals surface area contributed by atoms with Crippen molar-refractivity contribution in [3.8, 4) is 0 Å². The Labute approximate surface area is 217 Å². The molecular weight excluding hydrogens is 474 g/mol. The van der Waals surface area contributed by atoms with Gasteiger partial charge in [0.05, 0.1) is 13.2 Å². The highest BCUT2D eigenvalue weighted by atomic mass is 32.2. The van der Waals surface area contributed by atoms with E-state index in [1.54, 1.807) is 4.90 Å². The van der Waals surface area contributed by atoms with E-state index in [1.807, 2.05) is 32.9 Å². The molecule has 0 aliphatic carbocycles. The fraction of sp³-hybridized carbons (Fsp3) is 0.517. The van der Waals surface area contributed by atoms with E-state index in [0.29, 0.717) is 38.1 Å². The maximum Gasteiger partial charge on any atom is 0.409 e. The molecule has 0 N–H and O–H groups in total. The molecule has 194 valence electrons. The fourth-order valence-corrected chi connectivity index (χ4v) is 7.49. The molecule has 0 radical (unpaired) electrons. The lowest BCUT2D eigenvalue weighted by atomic mass is 9.63. The van der Waals surface area contributed by atoms with Gasteiger partial charge in [-0.25, -0.2) is 4.79 Å². The zero-order valence-electron chi connectivity index (χ0n) is 21.5. The van der Waals surface area contributed by atoms with Crippen molar-refractivity contribution in [3.05, 3.63) is 71.8 Å². The standard InChI is InChI=1S/C29H37NO5S/c1-28(2,3)35-26(31)16-10-11-18-34-27(32)30-20-24-25(21-30)36(33)19-17-29(24,22-12-6-4-7-13-22)23-14-8-5-9-15-23/h4-9,12-15,24-25H,10-11,16-21H2,1-3H3. The molecule has 7 heteroatoms. The highest BCUT2D eigenvalue weighted by Crippen LogP contribution is 2.51. The van der Waals surface area contributed by atoms with Crippen LogP contribution in [0.1, 0.15) is 57.6 Å². The Morgan fingerprint density at radius 1 is 1.00 bits per heavy atom. The third-order valence-corrected chi connectivity index (χ3v) is 8.95. The maximum atomic E-state index is 13.1. The van der Waals surface area contributed by atoms with E-state index >= 15 is 0 Å². The quantitative estimate of drug-likeness (QED) is 0.294. The molecule has 1 amide bonds. The van der Waals surface area contributed by atoms with Crippen LogP contribution in [0.4, 0.5) is 4.79 Å². The lowest BCUT2D eigenvalue weighted by molar-refractivity contribution is -0.154. The molecule has 2 saturated heterocycles. The molecule has 3 unspecified atom stereocenters. The molecule has 2 aliphatic heterocycles. The van der Waals surface area contributed by atoms with Crippen molar-refractivity contribution < 1.29 is 23.6 Å². The molecule has 36 heavy (non-hydrogen) atoms. The van der Waals surface area contributed by atoms with Crippen LogP contribution in [0.5, 0.6) is 0 Å². The third-order valence-electron chi connectivity index (χ3n) is 7.19. The summed E-state index contributed by atoms with van der Waals surface area (Å²) in [5.41, 5.74) is 1.62. The van der Waals surface area contributed by atoms with Gasteiger partial charge in [-0.2, -0.15) is 0 Å². The Balaban J connectivity index is 1.42. The van der Waals surface area contributed by atoms with Crippen LogP contribution in [-0.2, 0) is 30.9 Å². The highest BCUT2D eigenvalue weighted by Gasteiger charge is 2.58. The number of amides is 1. The molecule has 2 heterocycles. The Morgan fingerprint density at radius 2 is 1.61 bits per heavy atom. The van der Waals surface area contributed by atoms with Gasteiger partial charge in [-0.1, -0.05) is 60.7 Å². The smallest absolute Gasteiger partial charge is 0.409 e. The number of fused-ring (bicyclic) bond motifs is 1. The van der Waals surface area contributed by atoms with Gasteiger partial charge in [0.15, 0.2) is 0 Å². The molecule has 2 fully saturated rings. The van der Waals surface area contributed by atoms with Gasteiger partial charge in [0.2, 0.25) is 0 Å². The number of rotatable bonds is 7. The molecular formula is C29H37NO5S. The molecule has 0 aromatic heterocycles. The van der Waals surface area contributed by atoms with Gasteiger partial charge in [0.25, 0.3) is 0 Å². The van der Waals surface area contributed by atoms with Crippen LogP contribution in [0.15, 0.2) is 60.7 Å². The number of hydrogen-bond acceptors (Lipinski definition) is 5. The minimum atomic E-state index is -1.00. The van der Waals surface area contributed by atoms with E-state index in [0.717, 1.165) is 6.42 Å². The zero-order chi connectivity index (χ0) is 25.8. The summed E-state index contributed by atoms with van der Waals surface area (Å²) < 4.78 is 24.0. The summed E-state index contributed by atoms with van der Waals surface area (Å²) in [4.78, 5) is 26.6. The van der Waals surface area contributed by atoms with Crippen molar-refractivity contribution in [1.29, 1.82) is 0 Å². The first kappa shape index (κ1) is 26.6. The van der Waals surface area contributed by atoms with Crippen molar-refractivity contribution in [2.45, 2.75) is 62.7 Å². The second kappa shape index (κ2) is 11.3. The van der Waals surface area contributed by atoms with E-state index < -0.39 is 16.8 Å². The molecule has 4 rings (SSSR count). The number of ether oxygens (including phenoxy) is 2. The SMILES string of the molecule is CC(C)(C)OC(=O)CCCCOC(=O)N1CC2C(C1)C(c1ccccc1)(c1ccccc1)CC[S+]2[O-]. The third kappa shape index (κ3) is 5.89. The maximum absolute atomic E-state index is 13.1. The van der Waals surface area contributed by atoms with E-state index in [-0.39, 0.29) is 35.3 Å². The summed E-state index contributed by atoms with van der Waals surface area (Å²) in [7, 11) is 0. The van der Waals surface area contributed by atoms with E-state index in [1.165, 1.54) is 11.1 Å². The molecule has 2 aromatic carbocycles. The van der Waals surface area contributed by atoms with Crippen LogP contribution in [0, 0.1) is 5.92 Å². The van der Waals surface area contributed by atoms with Crippen LogP contribution in [0.25, 0.3) is 0 Å². The first-order valence-corrected chi connectivity index (χ1v) is 14.2. The number of benzene rings is 2. The van der Waals surface area contributed by atoms with Gasteiger partial charge < -0.3 is 18.9 Å². The predicted octanol–water partition coefficient (Wildman–Crippen LogP) is 5.07. The van der Waals surface area contributed by atoms with Gasteiger partial charge in [0, 0.05) is 30.7 Å². The summed E-state index contributed by atoms with van der Waals surface area (Å²) in [6, 6.07) is 20.9. The second-order valence-corrected chi connectivity index (χ2v) is 12.5. The van der Waals surface area contributed by atoms with Crippen LogP contribution in [0.3, 0.4) is 0 Å². The monoisotopic (exact) mass is 511 g/mol. The molecule has 2 aromatic rings. The highest BCUT2D eigenvalue weighted by molar-refractivity contribution is 7.92. The molecule has 2 aliphatic rings. The van der Waals surface area contributed by atoms with Gasteiger partial charge in [0.1, 0.15) is 16.6 Å². The lowest BCUT2D eigenvalue weighted by Crippen LogP contribution is -2.51. The average Bonchev–Trinajstić information content (AvgIpc) is 3.31.